The molecular weight excluding hydrogens is 657 g/mol. The highest BCUT2D eigenvalue weighted by molar-refractivity contribution is 7.81. The van der Waals surface area contributed by atoms with Crippen molar-refractivity contribution in [2.75, 3.05) is 13.2 Å². The topological polar surface area (TPSA) is 58.9 Å². The molecule has 6 aromatic rings. The van der Waals surface area contributed by atoms with Crippen LogP contribution in [0.4, 0.5) is 0 Å². The molecule has 0 heterocycles. The molecule has 0 amide bonds. The van der Waals surface area contributed by atoms with Crippen molar-refractivity contribution < 1.29 is 19.7 Å². The maximum absolute atomic E-state index is 10.7. The first-order chi connectivity index (χ1) is 24.5. The van der Waals surface area contributed by atoms with Crippen molar-refractivity contribution >= 4 is 34.2 Å². The van der Waals surface area contributed by atoms with Crippen molar-refractivity contribution in [3.05, 3.63) is 168 Å². The molecule has 6 heteroatoms. The number of hydrogen-bond donors (Lipinski definition) is 2. The van der Waals surface area contributed by atoms with Gasteiger partial charge in [-0.2, -0.15) is 0 Å². The first kappa shape index (κ1) is 34.6. The average molecular weight is 695 g/mol. The van der Waals surface area contributed by atoms with E-state index in [4.69, 9.17) is 33.9 Å². The van der Waals surface area contributed by atoms with Crippen molar-refractivity contribution in [1.82, 2.24) is 0 Å². The Kier molecular flexibility index (Phi) is 11.7. The summed E-state index contributed by atoms with van der Waals surface area (Å²) in [6.07, 6.45) is 3.73. The summed E-state index contributed by atoms with van der Waals surface area (Å²) in [4.78, 5) is 1.19. The number of phenols is 2. The summed E-state index contributed by atoms with van der Waals surface area (Å²) in [5.41, 5.74) is 7.51. The maximum atomic E-state index is 10.7. The second kappa shape index (κ2) is 16.9. The summed E-state index contributed by atoms with van der Waals surface area (Å²) in [5, 5.41) is 21.4. The molecule has 0 saturated carbocycles. The number of rotatable bonds is 15. The van der Waals surface area contributed by atoms with Gasteiger partial charge in [0, 0.05) is 23.3 Å². The molecule has 0 fully saturated rings. The number of hydrogen-bond acceptors (Lipinski definition) is 6. The third-order valence-electron chi connectivity index (χ3n) is 8.51. The Balaban J connectivity index is 0.894. The van der Waals surface area contributed by atoms with Crippen LogP contribution >= 0.6 is 24.4 Å². The molecule has 0 saturated heterocycles. The van der Waals surface area contributed by atoms with Gasteiger partial charge in [0.25, 0.3) is 0 Å². The van der Waals surface area contributed by atoms with Crippen LogP contribution in [-0.2, 0) is 0 Å². The molecule has 0 aliphatic rings. The number of phenolic OH excluding ortho intramolecular Hbond substituents is 2. The highest BCUT2D eigenvalue weighted by Crippen LogP contribution is 2.30. The molecule has 0 unspecified atom stereocenters. The quantitative estimate of drug-likeness (QED) is 0.0634. The van der Waals surface area contributed by atoms with E-state index in [1.807, 2.05) is 109 Å². The Hall–Kier alpha value is -5.30. The molecule has 2 N–H and O–H groups in total. The number of unbranched alkanes of at least 4 members (excludes halogenated alkanes) is 3. The predicted molar refractivity (Wildman–Crippen MR) is 211 cm³/mol. The van der Waals surface area contributed by atoms with Crippen molar-refractivity contribution in [2.24, 2.45) is 0 Å². The summed E-state index contributed by atoms with van der Waals surface area (Å²) in [5.74, 6) is 1.44. The minimum Gasteiger partial charge on any atom is -0.507 e. The van der Waals surface area contributed by atoms with Gasteiger partial charge in [-0.25, -0.2) is 0 Å². The molecule has 4 nitrogen and oxygen atoms in total. The molecular formula is C44H38O4S2. The fraction of sp³-hybridized carbons (Fsp3) is 0.136. The van der Waals surface area contributed by atoms with E-state index < -0.39 is 0 Å². The SMILES string of the molecule is Oc1cc(OCCCCCCOc2ccc(C(=S)c3ccc(-c4ccccc4)cc3)c(O)c2)ccc1C(=S)c1ccc(-c2ccccc2)cc1. The molecule has 0 spiro atoms. The van der Waals surface area contributed by atoms with E-state index in [1.54, 1.807) is 12.1 Å². The molecule has 0 radical (unpaired) electrons. The van der Waals surface area contributed by atoms with E-state index in [1.165, 1.54) is 0 Å². The van der Waals surface area contributed by atoms with Gasteiger partial charge in [0.2, 0.25) is 0 Å². The highest BCUT2D eigenvalue weighted by atomic mass is 32.1. The fourth-order valence-electron chi connectivity index (χ4n) is 5.72. The summed E-state index contributed by atoms with van der Waals surface area (Å²) < 4.78 is 11.8. The molecule has 6 rings (SSSR count). The van der Waals surface area contributed by atoms with Crippen LogP contribution in [0.3, 0.4) is 0 Å². The van der Waals surface area contributed by atoms with Crippen LogP contribution in [-0.4, -0.2) is 33.2 Å². The minimum absolute atomic E-state index is 0.107. The Morgan fingerprint density at radius 2 is 0.780 bits per heavy atom. The van der Waals surface area contributed by atoms with Crippen LogP contribution in [0.25, 0.3) is 22.3 Å². The number of thiocarbonyl (C=S) groups is 2. The normalized spacial score (nSPS) is 10.8. The fourth-order valence-corrected chi connectivity index (χ4v) is 6.34. The molecule has 6 aromatic carbocycles. The van der Waals surface area contributed by atoms with Gasteiger partial charge in [0.15, 0.2) is 0 Å². The molecule has 0 atom stereocenters. The summed E-state index contributed by atoms with van der Waals surface area (Å²) in [7, 11) is 0. The van der Waals surface area contributed by atoms with Gasteiger partial charge in [-0.3, -0.25) is 0 Å². The molecule has 50 heavy (non-hydrogen) atoms. The minimum atomic E-state index is 0.107. The van der Waals surface area contributed by atoms with Gasteiger partial charge < -0.3 is 19.7 Å². The van der Waals surface area contributed by atoms with Crippen LogP contribution in [0.2, 0.25) is 0 Å². The lowest BCUT2D eigenvalue weighted by Crippen LogP contribution is -2.03. The van der Waals surface area contributed by atoms with Gasteiger partial charge in [0.05, 0.1) is 22.9 Å². The van der Waals surface area contributed by atoms with Crippen molar-refractivity contribution in [3.63, 3.8) is 0 Å². The van der Waals surface area contributed by atoms with Gasteiger partial charge in [-0.15, -0.1) is 0 Å². The van der Waals surface area contributed by atoms with Gasteiger partial charge >= 0.3 is 0 Å². The van der Waals surface area contributed by atoms with E-state index in [0.717, 1.165) is 59.1 Å². The molecule has 0 bridgehead atoms. The summed E-state index contributed by atoms with van der Waals surface area (Å²) in [6.45, 7) is 1.10. The Morgan fingerprint density at radius 1 is 0.420 bits per heavy atom. The average Bonchev–Trinajstić information content (AvgIpc) is 3.16. The zero-order chi connectivity index (χ0) is 34.7. The number of ether oxygens (including phenoxy) is 2. The first-order valence-electron chi connectivity index (χ1n) is 16.8. The van der Waals surface area contributed by atoms with E-state index in [9.17, 15) is 10.2 Å². The molecule has 0 aromatic heterocycles. The monoisotopic (exact) mass is 694 g/mol. The number of aromatic hydroxyl groups is 2. The third kappa shape index (κ3) is 8.83. The standard InChI is InChI=1S/C44H38O4S2/c45-41-29-37(23-25-39(41)43(49)35-19-15-33(16-20-35)31-11-5-3-6-12-31)47-27-9-1-2-10-28-48-38-24-26-40(42(46)30-38)44(50)36-21-17-34(18-22-36)32-13-7-4-8-14-32/h3-8,11-26,29-30,45-46H,1-2,9-10,27-28H2. The largest absolute Gasteiger partial charge is 0.507 e. The predicted octanol–water partition coefficient (Wildman–Crippen LogP) is 11.0. The van der Waals surface area contributed by atoms with Gasteiger partial charge in [-0.1, -0.05) is 134 Å². The van der Waals surface area contributed by atoms with Crippen molar-refractivity contribution in [1.29, 1.82) is 0 Å². The second-order valence-electron chi connectivity index (χ2n) is 12.0. The van der Waals surface area contributed by atoms with Crippen molar-refractivity contribution in [3.8, 4) is 45.3 Å². The Morgan fingerprint density at radius 3 is 1.14 bits per heavy atom. The first-order valence-corrected chi connectivity index (χ1v) is 17.6. The van der Waals surface area contributed by atoms with Gasteiger partial charge in [0.1, 0.15) is 23.0 Å². The number of benzene rings is 6. The lowest BCUT2D eigenvalue weighted by atomic mass is 9.99. The van der Waals surface area contributed by atoms with Gasteiger partial charge in [-0.05, 0) is 83.3 Å². The van der Waals surface area contributed by atoms with Crippen LogP contribution < -0.4 is 9.47 Å². The lowest BCUT2D eigenvalue weighted by molar-refractivity contribution is 0.286. The van der Waals surface area contributed by atoms with E-state index in [0.29, 0.717) is 45.6 Å². The van der Waals surface area contributed by atoms with Crippen LogP contribution in [0, 0.1) is 0 Å². The van der Waals surface area contributed by atoms with E-state index in [-0.39, 0.29) is 11.5 Å². The summed E-state index contributed by atoms with van der Waals surface area (Å²) in [6, 6.07) is 47.1. The van der Waals surface area contributed by atoms with Crippen molar-refractivity contribution in [2.45, 2.75) is 25.7 Å². The highest BCUT2D eigenvalue weighted by Gasteiger charge is 2.13. The van der Waals surface area contributed by atoms with E-state index in [2.05, 4.69) is 24.3 Å². The van der Waals surface area contributed by atoms with Crippen LogP contribution in [0.15, 0.2) is 146 Å². The molecule has 0 aliphatic heterocycles. The molecule has 0 aliphatic carbocycles. The smallest absolute Gasteiger partial charge is 0.127 e. The molecule has 250 valence electrons. The van der Waals surface area contributed by atoms with Crippen LogP contribution in [0.1, 0.15) is 47.9 Å². The second-order valence-corrected chi connectivity index (χ2v) is 12.8. The zero-order valence-electron chi connectivity index (χ0n) is 27.6. The maximum Gasteiger partial charge on any atom is 0.127 e. The van der Waals surface area contributed by atoms with E-state index >= 15 is 0 Å². The zero-order valence-corrected chi connectivity index (χ0v) is 29.3. The van der Waals surface area contributed by atoms with Crippen LogP contribution in [0.5, 0.6) is 23.0 Å². The Bertz CT molecular complexity index is 1890. The lowest BCUT2D eigenvalue weighted by Gasteiger charge is -2.12. The third-order valence-corrected chi connectivity index (χ3v) is 9.42. The summed E-state index contributed by atoms with van der Waals surface area (Å²) >= 11 is 11.4. The Labute approximate surface area is 304 Å².